The summed E-state index contributed by atoms with van der Waals surface area (Å²) in [6, 6.07) is 53.7. The second-order valence-electron chi connectivity index (χ2n) is 9.53. The Labute approximate surface area is 222 Å². The Balaban J connectivity index is 1.29. The summed E-state index contributed by atoms with van der Waals surface area (Å²) in [5.74, 6) is 0. The van der Waals surface area contributed by atoms with Gasteiger partial charge in [0.2, 0.25) is 0 Å². The van der Waals surface area contributed by atoms with Gasteiger partial charge in [0, 0.05) is 33.4 Å². The van der Waals surface area contributed by atoms with Gasteiger partial charge in [-0.2, -0.15) is 0 Å². The Bertz CT molecular complexity index is 1860. The Hall–Kier alpha value is -5.08. The number of nitrogens with one attached hydrogen (secondary N) is 1. The standard InChI is InChI=1S/C36H26N2/c1-3-11-26(12-4-1)27-19-21-28(22-20-27)31-15-7-9-17-34(31)37-29-23-24-33-32-16-8-10-18-35(32)38(36(33)25-29)30-13-5-2-6-14-30/h1-25,37H. The minimum absolute atomic E-state index is 1.06. The number of aromatic nitrogens is 1. The van der Waals surface area contributed by atoms with Gasteiger partial charge in [-0.05, 0) is 53.1 Å². The normalized spacial score (nSPS) is 11.2. The van der Waals surface area contributed by atoms with E-state index in [9.17, 15) is 0 Å². The molecule has 6 aromatic carbocycles. The molecule has 2 heteroatoms. The summed E-state index contributed by atoms with van der Waals surface area (Å²) >= 11 is 0. The number of hydrogen-bond acceptors (Lipinski definition) is 1. The summed E-state index contributed by atoms with van der Waals surface area (Å²) in [5, 5.41) is 6.23. The monoisotopic (exact) mass is 486 g/mol. The average molecular weight is 487 g/mol. The highest BCUT2D eigenvalue weighted by Crippen LogP contribution is 2.36. The molecule has 7 rings (SSSR count). The molecule has 0 radical (unpaired) electrons. The smallest absolute Gasteiger partial charge is 0.0561 e. The Morgan fingerprint density at radius 2 is 1.03 bits per heavy atom. The van der Waals surface area contributed by atoms with Crippen LogP contribution < -0.4 is 5.32 Å². The van der Waals surface area contributed by atoms with Gasteiger partial charge in [-0.25, -0.2) is 0 Å². The van der Waals surface area contributed by atoms with Gasteiger partial charge in [0.05, 0.1) is 11.0 Å². The molecular formula is C36H26N2. The lowest BCUT2D eigenvalue weighted by molar-refractivity contribution is 1.18. The van der Waals surface area contributed by atoms with Crippen LogP contribution in [0.4, 0.5) is 11.4 Å². The third kappa shape index (κ3) is 3.93. The molecule has 2 nitrogen and oxygen atoms in total. The van der Waals surface area contributed by atoms with Crippen molar-refractivity contribution in [2.75, 3.05) is 5.32 Å². The molecule has 0 aliphatic heterocycles. The van der Waals surface area contributed by atoms with Crippen molar-refractivity contribution in [2.45, 2.75) is 0 Å². The van der Waals surface area contributed by atoms with Crippen LogP contribution in [-0.4, -0.2) is 4.57 Å². The second-order valence-corrected chi connectivity index (χ2v) is 9.53. The van der Waals surface area contributed by atoms with E-state index in [1.807, 2.05) is 0 Å². The van der Waals surface area contributed by atoms with Crippen LogP contribution in [-0.2, 0) is 0 Å². The Kier molecular flexibility index (Phi) is 5.49. The molecule has 0 saturated carbocycles. The van der Waals surface area contributed by atoms with Crippen LogP contribution in [0.3, 0.4) is 0 Å². The van der Waals surface area contributed by atoms with Gasteiger partial charge < -0.3 is 9.88 Å². The van der Waals surface area contributed by atoms with Gasteiger partial charge in [0.15, 0.2) is 0 Å². The van der Waals surface area contributed by atoms with Crippen LogP contribution in [0.25, 0.3) is 49.7 Å². The van der Waals surface area contributed by atoms with Crippen molar-refractivity contribution in [3.8, 4) is 27.9 Å². The minimum Gasteiger partial charge on any atom is -0.355 e. The van der Waals surface area contributed by atoms with E-state index in [1.165, 1.54) is 44.1 Å². The van der Waals surface area contributed by atoms with Crippen LogP contribution in [0.2, 0.25) is 0 Å². The van der Waals surface area contributed by atoms with E-state index >= 15 is 0 Å². The molecule has 0 aliphatic rings. The summed E-state index contributed by atoms with van der Waals surface area (Å²) in [4.78, 5) is 0. The maximum Gasteiger partial charge on any atom is 0.0561 e. The van der Waals surface area contributed by atoms with Gasteiger partial charge in [0.25, 0.3) is 0 Å². The summed E-state index contributed by atoms with van der Waals surface area (Å²) in [6.07, 6.45) is 0. The van der Waals surface area contributed by atoms with Crippen LogP contribution >= 0.6 is 0 Å². The van der Waals surface area contributed by atoms with Gasteiger partial charge in [-0.15, -0.1) is 0 Å². The predicted molar refractivity (Wildman–Crippen MR) is 161 cm³/mol. The number of anilines is 2. The van der Waals surface area contributed by atoms with Crippen LogP contribution in [0.15, 0.2) is 152 Å². The molecular weight excluding hydrogens is 460 g/mol. The highest BCUT2D eigenvalue weighted by atomic mass is 15.0. The Morgan fingerprint density at radius 3 is 1.84 bits per heavy atom. The van der Waals surface area contributed by atoms with Crippen molar-refractivity contribution in [1.29, 1.82) is 0 Å². The van der Waals surface area contributed by atoms with Crippen molar-refractivity contribution in [2.24, 2.45) is 0 Å². The lowest BCUT2D eigenvalue weighted by Crippen LogP contribution is -1.96. The Morgan fingerprint density at radius 1 is 0.421 bits per heavy atom. The quantitative estimate of drug-likeness (QED) is 0.256. The number of para-hydroxylation sites is 3. The SMILES string of the molecule is c1ccc(-c2ccc(-c3ccccc3Nc3ccc4c5ccccc5n(-c5ccccc5)c4c3)cc2)cc1. The van der Waals surface area contributed by atoms with Crippen LogP contribution in [0.1, 0.15) is 0 Å². The summed E-state index contributed by atoms with van der Waals surface area (Å²) in [6.45, 7) is 0. The van der Waals surface area contributed by atoms with Gasteiger partial charge in [-0.3, -0.25) is 0 Å². The summed E-state index contributed by atoms with van der Waals surface area (Å²) < 4.78 is 2.35. The van der Waals surface area contributed by atoms with Crippen molar-refractivity contribution >= 4 is 33.2 Å². The molecule has 0 bridgehead atoms. The molecule has 0 amide bonds. The third-order valence-corrected chi connectivity index (χ3v) is 7.20. The third-order valence-electron chi connectivity index (χ3n) is 7.20. The van der Waals surface area contributed by atoms with Gasteiger partial charge in [-0.1, -0.05) is 115 Å². The first-order valence-electron chi connectivity index (χ1n) is 13.0. The number of benzene rings is 6. The average Bonchev–Trinajstić information content (AvgIpc) is 3.32. The van der Waals surface area contributed by atoms with Crippen molar-refractivity contribution in [3.05, 3.63) is 152 Å². The zero-order valence-corrected chi connectivity index (χ0v) is 20.9. The lowest BCUT2D eigenvalue weighted by atomic mass is 9.99. The fourth-order valence-corrected chi connectivity index (χ4v) is 5.38. The van der Waals surface area contributed by atoms with Crippen molar-refractivity contribution in [1.82, 2.24) is 4.57 Å². The van der Waals surface area contributed by atoms with E-state index in [-0.39, 0.29) is 0 Å². The molecule has 1 heterocycles. The molecule has 180 valence electrons. The fourth-order valence-electron chi connectivity index (χ4n) is 5.38. The maximum absolute atomic E-state index is 3.72. The molecule has 7 aromatic rings. The van der Waals surface area contributed by atoms with Crippen LogP contribution in [0, 0.1) is 0 Å². The first kappa shape index (κ1) is 22.1. The molecule has 0 aliphatic carbocycles. The van der Waals surface area contributed by atoms with E-state index < -0.39 is 0 Å². The van der Waals surface area contributed by atoms with Gasteiger partial charge in [0.1, 0.15) is 0 Å². The second kappa shape index (κ2) is 9.42. The molecule has 0 spiro atoms. The topological polar surface area (TPSA) is 17.0 Å². The van der Waals surface area contributed by atoms with E-state index in [2.05, 4.69) is 162 Å². The molecule has 38 heavy (non-hydrogen) atoms. The largest absolute Gasteiger partial charge is 0.355 e. The van der Waals surface area contributed by atoms with E-state index in [1.54, 1.807) is 0 Å². The van der Waals surface area contributed by atoms with Gasteiger partial charge >= 0.3 is 0 Å². The zero-order chi connectivity index (χ0) is 25.3. The molecule has 0 fully saturated rings. The first-order chi connectivity index (χ1) is 18.8. The lowest BCUT2D eigenvalue weighted by Gasteiger charge is -2.14. The minimum atomic E-state index is 1.06. The highest BCUT2D eigenvalue weighted by molar-refractivity contribution is 6.10. The van der Waals surface area contributed by atoms with E-state index in [4.69, 9.17) is 0 Å². The highest BCUT2D eigenvalue weighted by Gasteiger charge is 2.13. The molecule has 1 aromatic heterocycles. The molecule has 0 saturated heterocycles. The summed E-state index contributed by atoms with van der Waals surface area (Å²) in [7, 11) is 0. The molecule has 0 atom stereocenters. The summed E-state index contributed by atoms with van der Waals surface area (Å²) in [5.41, 5.74) is 10.5. The number of nitrogens with zero attached hydrogens (tertiary/aromatic N) is 1. The predicted octanol–water partition coefficient (Wildman–Crippen LogP) is 9.86. The maximum atomic E-state index is 3.72. The first-order valence-corrected chi connectivity index (χ1v) is 13.0. The van der Waals surface area contributed by atoms with Crippen molar-refractivity contribution < 1.29 is 0 Å². The van der Waals surface area contributed by atoms with Crippen molar-refractivity contribution in [3.63, 3.8) is 0 Å². The van der Waals surface area contributed by atoms with E-state index in [0.29, 0.717) is 0 Å². The molecule has 0 unspecified atom stereocenters. The number of rotatable bonds is 5. The van der Waals surface area contributed by atoms with E-state index in [0.717, 1.165) is 17.1 Å². The number of hydrogen-bond donors (Lipinski definition) is 1. The number of fused-ring (bicyclic) bond motifs is 3. The fraction of sp³-hybridized carbons (Fsp3) is 0. The van der Waals surface area contributed by atoms with Crippen LogP contribution in [0.5, 0.6) is 0 Å². The zero-order valence-electron chi connectivity index (χ0n) is 20.9. The molecule has 1 N–H and O–H groups in total.